The number of methoxy groups -OCH3 is 2. The Kier molecular flexibility index (Phi) is 6.97. The lowest BCUT2D eigenvalue weighted by Gasteiger charge is -2.39. The number of rotatable bonds is 5. The standard InChI is InChI=1S/C21H30N2O6/c1-28-17-9-16(10-18(11-17)29-2)21(27)22-6-3-14(4-7-22)20(26)23-8-5-15(13-24)19(25)12-23/h9-11,14-15,19,24-25H,3-8,12-13H2,1-2H3/t15-,19-/m1/s1. The number of amides is 2. The normalized spacial score (nSPS) is 23.0. The average molecular weight is 406 g/mol. The Labute approximate surface area is 171 Å². The first-order valence-corrected chi connectivity index (χ1v) is 10.1. The van der Waals surface area contributed by atoms with Gasteiger partial charge in [-0.25, -0.2) is 0 Å². The van der Waals surface area contributed by atoms with Gasteiger partial charge in [-0.15, -0.1) is 0 Å². The van der Waals surface area contributed by atoms with E-state index in [2.05, 4.69) is 0 Å². The van der Waals surface area contributed by atoms with E-state index in [1.54, 1.807) is 42.2 Å². The molecule has 2 atom stereocenters. The molecule has 0 aliphatic carbocycles. The largest absolute Gasteiger partial charge is 0.497 e. The fourth-order valence-electron chi connectivity index (χ4n) is 4.09. The summed E-state index contributed by atoms with van der Waals surface area (Å²) in [5, 5.41) is 19.3. The number of hydrogen-bond donors (Lipinski definition) is 2. The minimum Gasteiger partial charge on any atom is -0.497 e. The molecule has 0 aromatic heterocycles. The molecule has 29 heavy (non-hydrogen) atoms. The molecule has 160 valence electrons. The van der Waals surface area contributed by atoms with E-state index in [0.717, 1.165) is 0 Å². The second-order valence-corrected chi connectivity index (χ2v) is 7.75. The zero-order valence-corrected chi connectivity index (χ0v) is 17.0. The van der Waals surface area contributed by atoms with Crippen molar-refractivity contribution in [3.05, 3.63) is 23.8 Å². The molecule has 0 radical (unpaired) electrons. The van der Waals surface area contributed by atoms with Gasteiger partial charge in [-0.05, 0) is 31.4 Å². The number of ether oxygens (including phenoxy) is 2. The van der Waals surface area contributed by atoms with Crippen molar-refractivity contribution in [3.63, 3.8) is 0 Å². The molecule has 1 aromatic rings. The summed E-state index contributed by atoms with van der Waals surface area (Å²) in [6, 6.07) is 5.10. The van der Waals surface area contributed by atoms with Crippen LogP contribution in [-0.4, -0.2) is 84.9 Å². The molecule has 2 N–H and O–H groups in total. The first kappa shape index (κ1) is 21.4. The van der Waals surface area contributed by atoms with E-state index in [1.165, 1.54) is 0 Å². The zero-order chi connectivity index (χ0) is 21.0. The van der Waals surface area contributed by atoms with Crippen LogP contribution in [0.15, 0.2) is 18.2 Å². The van der Waals surface area contributed by atoms with Crippen molar-refractivity contribution in [1.29, 1.82) is 0 Å². The summed E-state index contributed by atoms with van der Waals surface area (Å²) in [6.07, 6.45) is 1.13. The smallest absolute Gasteiger partial charge is 0.254 e. The third-order valence-electron chi connectivity index (χ3n) is 6.00. The highest BCUT2D eigenvalue weighted by molar-refractivity contribution is 5.95. The van der Waals surface area contributed by atoms with Crippen LogP contribution in [0.4, 0.5) is 0 Å². The lowest BCUT2D eigenvalue weighted by atomic mass is 9.91. The van der Waals surface area contributed by atoms with Crippen LogP contribution in [0.5, 0.6) is 11.5 Å². The number of carbonyl (C=O) groups is 2. The van der Waals surface area contributed by atoms with Gasteiger partial charge >= 0.3 is 0 Å². The fourth-order valence-corrected chi connectivity index (χ4v) is 4.09. The number of carbonyl (C=O) groups excluding carboxylic acids is 2. The van der Waals surface area contributed by atoms with Crippen LogP contribution < -0.4 is 9.47 Å². The van der Waals surface area contributed by atoms with Crippen molar-refractivity contribution >= 4 is 11.8 Å². The first-order valence-electron chi connectivity index (χ1n) is 10.1. The van der Waals surface area contributed by atoms with Crippen LogP contribution >= 0.6 is 0 Å². The summed E-state index contributed by atoms with van der Waals surface area (Å²) in [4.78, 5) is 29.2. The first-order chi connectivity index (χ1) is 14.0. The minimum atomic E-state index is -0.678. The van der Waals surface area contributed by atoms with Crippen molar-refractivity contribution < 1.29 is 29.3 Å². The third kappa shape index (κ3) is 4.82. The monoisotopic (exact) mass is 406 g/mol. The second-order valence-electron chi connectivity index (χ2n) is 7.75. The average Bonchev–Trinajstić information content (AvgIpc) is 2.77. The molecule has 2 aliphatic rings. The SMILES string of the molecule is COc1cc(OC)cc(C(=O)N2CCC(C(=O)N3CC[C@H](CO)[C@H](O)C3)CC2)c1. The summed E-state index contributed by atoms with van der Waals surface area (Å²) in [5.41, 5.74) is 0.500. The number of piperidine rings is 2. The molecule has 2 aliphatic heterocycles. The van der Waals surface area contributed by atoms with Gasteiger partial charge in [-0.1, -0.05) is 0 Å². The van der Waals surface area contributed by atoms with Gasteiger partial charge in [0, 0.05) is 56.3 Å². The van der Waals surface area contributed by atoms with Crippen LogP contribution in [0, 0.1) is 11.8 Å². The Hall–Kier alpha value is -2.32. The van der Waals surface area contributed by atoms with Crippen LogP contribution in [0.3, 0.4) is 0 Å². The van der Waals surface area contributed by atoms with Gasteiger partial charge in [-0.2, -0.15) is 0 Å². The van der Waals surface area contributed by atoms with Gasteiger partial charge in [0.25, 0.3) is 5.91 Å². The molecule has 2 saturated heterocycles. The van der Waals surface area contributed by atoms with Gasteiger partial charge in [0.1, 0.15) is 11.5 Å². The predicted octanol–water partition coefficient (Wildman–Crippen LogP) is 0.758. The van der Waals surface area contributed by atoms with Crippen molar-refractivity contribution in [3.8, 4) is 11.5 Å². The molecular formula is C21H30N2O6. The van der Waals surface area contributed by atoms with Gasteiger partial charge in [0.2, 0.25) is 5.91 Å². The van der Waals surface area contributed by atoms with Crippen LogP contribution in [0.2, 0.25) is 0 Å². The van der Waals surface area contributed by atoms with E-state index in [1.807, 2.05) is 0 Å². The number of aliphatic hydroxyl groups is 2. The molecule has 0 bridgehead atoms. The molecule has 8 nitrogen and oxygen atoms in total. The Balaban J connectivity index is 1.58. The molecular weight excluding hydrogens is 376 g/mol. The minimum absolute atomic E-state index is 0.0376. The number of hydrogen-bond acceptors (Lipinski definition) is 6. The molecule has 0 saturated carbocycles. The van der Waals surface area contributed by atoms with Crippen molar-refractivity contribution in [1.82, 2.24) is 9.80 Å². The fraction of sp³-hybridized carbons (Fsp3) is 0.619. The highest BCUT2D eigenvalue weighted by Gasteiger charge is 2.35. The predicted molar refractivity (Wildman–Crippen MR) is 106 cm³/mol. The quantitative estimate of drug-likeness (QED) is 0.749. The van der Waals surface area contributed by atoms with Crippen LogP contribution in [-0.2, 0) is 4.79 Å². The molecule has 2 amide bonds. The molecule has 2 heterocycles. The molecule has 0 unspecified atom stereocenters. The third-order valence-corrected chi connectivity index (χ3v) is 6.00. The summed E-state index contributed by atoms with van der Waals surface area (Å²) in [5.74, 6) is 0.753. The Morgan fingerprint density at radius 1 is 1.00 bits per heavy atom. The number of benzene rings is 1. The molecule has 3 rings (SSSR count). The zero-order valence-electron chi connectivity index (χ0n) is 17.0. The van der Waals surface area contributed by atoms with Crippen molar-refractivity contribution in [2.24, 2.45) is 11.8 Å². The van der Waals surface area contributed by atoms with Gasteiger partial charge in [0.05, 0.1) is 20.3 Å². The van der Waals surface area contributed by atoms with Gasteiger partial charge in [0.15, 0.2) is 0 Å². The van der Waals surface area contributed by atoms with Crippen molar-refractivity contribution in [2.45, 2.75) is 25.4 Å². The summed E-state index contributed by atoms with van der Waals surface area (Å²) in [7, 11) is 3.08. The van der Waals surface area contributed by atoms with E-state index in [0.29, 0.717) is 56.0 Å². The Bertz CT molecular complexity index is 710. The molecule has 2 fully saturated rings. The lowest BCUT2D eigenvalue weighted by molar-refractivity contribution is -0.142. The van der Waals surface area contributed by atoms with E-state index < -0.39 is 6.10 Å². The van der Waals surface area contributed by atoms with Gasteiger partial charge in [-0.3, -0.25) is 9.59 Å². The Morgan fingerprint density at radius 2 is 1.59 bits per heavy atom. The maximum Gasteiger partial charge on any atom is 0.254 e. The van der Waals surface area contributed by atoms with Crippen LogP contribution in [0.1, 0.15) is 29.6 Å². The van der Waals surface area contributed by atoms with E-state index in [9.17, 15) is 19.8 Å². The highest BCUT2D eigenvalue weighted by atomic mass is 16.5. The molecule has 8 heteroatoms. The summed E-state index contributed by atoms with van der Waals surface area (Å²) >= 11 is 0. The highest BCUT2D eigenvalue weighted by Crippen LogP contribution is 2.27. The topological polar surface area (TPSA) is 99.5 Å². The van der Waals surface area contributed by atoms with E-state index >= 15 is 0 Å². The number of β-amino-alcohol motifs (C(OH)–C–C–N with tert-alkyl or cyclic N) is 1. The van der Waals surface area contributed by atoms with E-state index in [-0.39, 0.29) is 36.8 Å². The summed E-state index contributed by atoms with van der Waals surface area (Å²) in [6.45, 7) is 1.78. The Morgan fingerprint density at radius 3 is 2.10 bits per heavy atom. The van der Waals surface area contributed by atoms with E-state index in [4.69, 9.17) is 9.47 Å². The summed E-state index contributed by atoms with van der Waals surface area (Å²) < 4.78 is 10.5. The van der Waals surface area contributed by atoms with Gasteiger partial charge < -0.3 is 29.5 Å². The number of likely N-dealkylation sites (tertiary alicyclic amines) is 2. The van der Waals surface area contributed by atoms with Crippen LogP contribution in [0.25, 0.3) is 0 Å². The molecule has 0 spiro atoms. The maximum atomic E-state index is 12.9. The number of aliphatic hydroxyl groups excluding tert-OH is 2. The number of nitrogens with zero attached hydrogens (tertiary/aromatic N) is 2. The maximum absolute atomic E-state index is 12.9. The lowest BCUT2D eigenvalue weighted by Crippen LogP contribution is -2.51. The second kappa shape index (κ2) is 9.45. The van der Waals surface area contributed by atoms with Crippen molar-refractivity contribution in [2.75, 3.05) is 47.0 Å². The molecule has 1 aromatic carbocycles.